The largest absolute Gasteiger partial charge is 0.390 e. The number of alkyl halides is 1. The molecule has 2 aromatic carbocycles. The van der Waals surface area contributed by atoms with Crippen molar-refractivity contribution in [1.29, 1.82) is 0 Å². The predicted molar refractivity (Wildman–Crippen MR) is 82.1 cm³/mol. The Balaban J connectivity index is 2.26. The van der Waals surface area contributed by atoms with E-state index < -0.39 is 6.10 Å². The van der Waals surface area contributed by atoms with Crippen molar-refractivity contribution in [2.45, 2.75) is 6.10 Å². The minimum absolute atomic E-state index is 0.215. The van der Waals surface area contributed by atoms with Crippen LogP contribution in [0.3, 0.4) is 0 Å². The Labute approximate surface area is 123 Å². The first kappa shape index (κ1) is 14.2. The average molecular weight is 296 g/mol. The highest BCUT2D eigenvalue weighted by Crippen LogP contribution is 2.29. The van der Waals surface area contributed by atoms with Gasteiger partial charge in [-0.05, 0) is 23.8 Å². The first-order chi connectivity index (χ1) is 9.20. The molecule has 0 spiro atoms. The maximum absolute atomic E-state index is 9.51. The van der Waals surface area contributed by atoms with E-state index in [0.717, 1.165) is 16.8 Å². The lowest BCUT2D eigenvalue weighted by Gasteiger charge is -2.14. The summed E-state index contributed by atoms with van der Waals surface area (Å²) in [4.78, 5) is 0. The van der Waals surface area contributed by atoms with Crippen molar-refractivity contribution < 1.29 is 5.11 Å². The molecule has 2 N–H and O–H groups in total. The van der Waals surface area contributed by atoms with E-state index in [9.17, 15) is 5.11 Å². The van der Waals surface area contributed by atoms with Crippen molar-refractivity contribution in [1.82, 2.24) is 0 Å². The summed E-state index contributed by atoms with van der Waals surface area (Å²) in [5, 5.41) is 13.4. The van der Waals surface area contributed by atoms with Crippen LogP contribution in [0.25, 0.3) is 11.1 Å². The van der Waals surface area contributed by atoms with Gasteiger partial charge in [0.1, 0.15) is 0 Å². The fraction of sp³-hybridized carbons (Fsp3) is 0.200. The summed E-state index contributed by atoms with van der Waals surface area (Å²) in [7, 11) is 0. The number of anilines is 1. The molecule has 0 fully saturated rings. The summed E-state index contributed by atoms with van der Waals surface area (Å²) in [6.07, 6.45) is -0.561. The van der Waals surface area contributed by atoms with E-state index >= 15 is 0 Å². The minimum Gasteiger partial charge on any atom is -0.390 e. The Kier molecular flexibility index (Phi) is 5.08. The highest BCUT2D eigenvalue weighted by atomic mass is 35.5. The number of hydrogen-bond acceptors (Lipinski definition) is 2. The Morgan fingerprint density at radius 2 is 1.89 bits per heavy atom. The van der Waals surface area contributed by atoms with Crippen molar-refractivity contribution in [3.05, 3.63) is 53.6 Å². The maximum atomic E-state index is 9.51. The molecule has 2 rings (SSSR count). The standard InChI is InChI=1S/C15H15Cl2NO/c16-9-13(19)10-18-15-7-2-1-6-14(15)11-4-3-5-12(17)8-11/h1-8,13,18-19H,9-10H2. The van der Waals surface area contributed by atoms with Crippen molar-refractivity contribution in [3.8, 4) is 11.1 Å². The number of para-hydroxylation sites is 1. The molecule has 1 unspecified atom stereocenters. The van der Waals surface area contributed by atoms with Gasteiger partial charge in [0.05, 0.1) is 12.0 Å². The molecule has 0 radical (unpaired) electrons. The second-order valence-corrected chi connectivity index (χ2v) is 4.99. The molecular formula is C15H15Cl2NO. The van der Waals surface area contributed by atoms with Gasteiger partial charge in [-0.1, -0.05) is 41.9 Å². The molecule has 4 heteroatoms. The van der Waals surface area contributed by atoms with Crippen molar-refractivity contribution in [2.24, 2.45) is 0 Å². The zero-order valence-corrected chi connectivity index (χ0v) is 11.8. The molecule has 0 aliphatic carbocycles. The quantitative estimate of drug-likeness (QED) is 0.817. The first-order valence-electron chi connectivity index (χ1n) is 6.03. The molecule has 1 atom stereocenters. The first-order valence-corrected chi connectivity index (χ1v) is 6.95. The number of rotatable bonds is 5. The van der Waals surface area contributed by atoms with Crippen LogP contribution in [0.4, 0.5) is 5.69 Å². The van der Waals surface area contributed by atoms with Crippen LogP contribution >= 0.6 is 23.2 Å². The topological polar surface area (TPSA) is 32.3 Å². The fourth-order valence-corrected chi connectivity index (χ4v) is 2.13. The molecular weight excluding hydrogens is 281 g/mol. The summed E-state index contributed by atoms with van der Waals surface area (Å²) in [5.74, 6) is 0.215. The molecule has 0 amide bonds. The molecule has 0 saturated carbocycles. The summed E-state index contributed by atoms with van der Waals surface area (Å²) in [6.45, 7) is 0.418. The summed E-state index contributed by atoms with van der Waals surface area (Å²) in [6, 6.07) is 15.6. The SMILES string of the molecule is OC(CCl)CNc1ccccc1-c1cccc(Cl)c1. The van der Waals surface area contributed by atoms with Crippen LogP contribution in [0.5, 0.6) is 0 Å². The Morgan fingerprint density at radius 1 is 1.11 bits per heavy atom. The molecule has 0 aliphatic heterocycles. The van der Waals surface area contributed by atoms with Gasteiger partial charge in [0.25, 0.3) is 0 Å². The highest BCUT2D eigenvalue weighted by Gasteiger charge is 2.07. The van der Waals surface area contributed by atoms with E-state index in [4.69, 9.17) is 23.2 Å². The lowest BCUT2D eigenvalue weighted by Crippen LogP contribution is -2.20. The molecule has 0 aromatic heterocycles. The second-order valence-electron chi connectivity index (χ2n) is 4.24. The zero-order valence-electron chi connectivity index (χ0n) is 10.3. The molecule has 0 bridgehead atoms. The van der Waals surface area contributed by atoms with Crippen molar-refractivity contribution in [2.75, 3.05) is 17.7 Å². The highest BCUT2D eigenvalue weighted by molar-refractivity contribution is 6.30. The molecule has 19 heavy (non-hydrogen) atoms. The van der Waals surface area contributed by atoms with E-state index in [0.29, 0.717) is 11.6 Å². The van der Waals surface area contributed by atoms with Gasteiger partial charge in [-0.3, -0.25) is 0 Å². The van der Waals surface area contributed by atoms with Crippen LogP contribution in [-0.2, 0) is 0 Å². The third-order valence-electron chi connectivity index (χ3n) is 2.77. The molecule has 2 nitrogen and oxygen atoms in total. The maximum Gasteiger partial charge on any atom is 0.0847 e. The summed E-state index contributed by atoms with van der Waals surface area (Å²) in [5.41, 5.74) is 3.04. The van der Waals surface area contributed by atoms with E-state index in [1.54, 1.807) is 0 Å². The summed E-state index contributed by atoms with van der Waals surface area (Å²) < 4.78 is 0. The molecule has 0 saturated heterocycles. The van der Waals surface area contributed by atoms with Gasteiger partial charge in [-0.25, -0.2) is 0 Å². The van der Waals surface area contributed by atoms with E-state index in [1.165, 1.54) is 0 Å². The number of aliphatic hydroxyl groups is 1. The van der Waals surface area contributed by atoms with Gasteiger partial charge >= 0.3 is 0 Å². The minimum atomic E-state index is -0.561. The van der Waals surface area contributed by atoms with Gasteiger partial charge in [-0.2, -0.15) is 0 Å². The lowest BCUT2D eigenvalue weighted by atomic mass is 10.0. The Hall–Kier alpha value is -1.22. The predicted octanol–water partition coefficient (Wildman–Crippen LogP) is 4.02. The smallest absolute Gasteiger partial charge is 0.0847 e. The number of hydrogen-bond donors (Lipinski definition) is 2. The molecule has 100 valence electrons. The van der Waals surface area contributed by atoms with Crippen LogP contribution < -0.4 is 5.32 Å². The molecule has 2 aromatic rings. The van der Waals surface area contributed by atoms with Gasteiger partial charge < -0.3 is 10.4 Å². The lowest BCUT2D eigenvalue weighted by molar-refractivity contribution is 0.211. The Bertz CT molecular complexity index is 545. The zero-order chi connectivity index (χ0) is 13.7. The third-order valence-corrected chi connectivity index (χ3v) is 3.36. The van der Waals surface area contributed by atoms with Gasteiger partial charge in [0.15, 0.2) is 0 Å². The van der Waals surface area contributed by atoms with Gasteiger partial charge in [-0.15, -0.1) is 11.6 Å². The van der Waals surface area contributed by atoms with Crippen molar-refractivity contribution >= 4 is 28.9 Å². The van der Waals surface area contributed by atoms with Crippen LogP contribution in [-0.4, -0.2) is 23.6 Å². The number of aliphatic hydroxyl groups excluding tert-OH is 1. The fourth-order valence-electron chi connectivity index (χ4n) is 1.83. The van der Waals surface area contributed by atoms with E-state index in [1.807, 2.05) is 48.5 Å². The van der Waals surface area contributed by atoms with Gasteiger partial charge in [0.2, 0.25) is 0 Å². The number of nitrogens with one attached hydrogen (secondary N) is 1. The number of halogens is 2. The van der Waals surface area contributed by atoms with E-state index in [2.05, 4.69) is 5.32 Å². The average Bonchev–Trinajstić information content (AvgIpc) is 2.45. The monoisotopic (exact) mass is 295 g/mol. The van der Waals surface area contributed by atoms with Crippen molar-refractivity contribution in [3.63, 3.8) is 0 Å². The van der Waals surface area contributed by atoms with E-state index in [-0.39, 0.29) is 5.88 Å². The number of benzene rings is 2. The van der Waals surface area contributed by atoms with Gasteiger partial charge in [0, 0.05) is 22.8 Å². The van der Waals surface area contributed by atoms with Crippen LogP contribution in [0.2, 0.25) is 5.02 Å². The van der Waals surface area contributed by atoms with Crippen LogP contribution in [0.15, 0.2) is 48.5 Å². The van der Waals surface area contributed by atoms with Crippen LogP contribution in [0, 0.1) is 0 Å². The summed E-state index contributed by atoms with van der Waals surface area (Å²) >= 11 is 11.6. The Morgan fingerprint density at radius 3 is 2.63 bits per heavy atom. The van der Waals surface area contributed by atoms with Crippen LogP contribution in [0.1, 0.15) is 0 Å². The second kappa shape index (κ2) is 6.80. The normalized spacial score (nSPS) is 12.2. The third kappa shape index (κ3) is 3.87. The molecule has 0 heterocycles. The molecule has 0 aliphatic rings.